The summed E-state index contributed by atoms with van der Waals surface area (Å²) in [6, 6.07) is 15.2. The molecule has 3 aromatic rings. The summed E-state index contributed by atoms with van der Waals surface area (Å²) in [6.45, 7) is 3.13. The average Bonchev–Trinajstić information content (AvgIpc) is 3.78. The molecule has 13 heteroatoms. The Bertz CT molecular complexity index is 1440. The van der Waals surface area contributed by atoms with Crippen LogP contribution in [0.1, 0.15) is 37.8 Å². The van der Waals surface area contributed by atoms with Gasteiger partial charge in [-0.25, -0.2) is 13.6 Å². The highest BCUT2D eigenvalue weighted by atomic mass is 32.2. The fourth-order valence-electron chi connectivity index (χ4n) is 3.60. The largest absolute Gasteiger partial charge is 0.474 e. The van der Waals surface area contributed by atoms with Crippen LogP contribution in [-0.2, 0) is 32.5 Å². The fourth-order valence-corrected chi connectivity index (χ4v) is 5.89. The number of hydrogen-bond donors (Lipinski definition) is 1. The Morgan fingerprint density at radius 3 is 2.38 bits per heavy atom. The number of halogens is 4. The Hall–Kier alpha value is -3.58. The summed E-state index contributed by atoms with van der Waals surface area (Å²) in [7, 11) is -3.58. The van der Waals surface area contributed by atoms with Crippen LogP contribution in [0, 0.1) is 0 Å². The van der Waals surface area contributed by atoms with Gasteiger partial charge in [0.1, 0.15) is 12.8 Å². The van der Waals surface area contributed by atoms with Crippen molar-refractivity contribution >= 4 is 27.3 Å². The van der Waals surface area contributed by atoms with Crippen molar-refractivity contribution in [1.82, 2.24) is 9.97 Å². The van der Waals surface area contributed by atoms with Crippen LogP contribution in [0.25, 0.3) is 0 Å². The molecule has 4 rings (SSSR count). The molecule has 1 heterocycles. The molecule has 40 heavy (non-hydrogen) atoms. The molecular weight excluding hydrogens is 552 g/mol. The highest BCUT2D eigenvalue weighted by molar-refractivity contribution is 7.94. The molecule has 0 spiro atoms. The molecule has 8 nitrogen and oxygen atoms in total. The maximum Gasteiger partial charge on any atom is 0.474 e. The summed E-state index contributed by atoms with van der Waals surface area (Å²) < 4.78 is 80.1. The number of benzene rings is 2. The third kappa shape index (κ3) is 7.33. The normalized spacial score (nSPS) is 16.4. The van der Waals surface area contributed by atoms with E-state index >= 15 is 0 Å². The molecule has 2 aromatic carbocycles. The quantitative estimate of drug-likeness (QED) is 0.272. The Labute approximate surface area is 229 Å². The van der Waals surface area contributed by atoms with E-state index in [1.165, 1.54) is 30.5 Å². The number of nitrogens with zero attached hydrogens (tertiary/aromatic N) is 3. The average molecular weight is 581 g/mol. The number of anilines is 2. The number of carbonyl (C=O) groups excluding carboxylic acids is 1. The standard InChI is InChI=1S/C27H28F4N4O4S/c1-17(38-16-19-6-4-3-5-7-19)18(2)39-24-20(14-28)15-32-26(34-24)33-21-8-10-22(11-9-21)40(37,23-12-13-23)35-25(36)27(29,30)31/h3-11,15,17-18,23H,12-14,16H2,1-2H3,(H,32,33,34)/t17-,18-,40+/m1/s1. The molecule has 0 radical (unpaired) electrons. The zero-order valence-electron chi connectivity index (χ0n) is 21.7. The van der Waals surface area contributed by atoms with Crippen molar-refractivity contribution in [2.75, 3.05) is 5.32 Å². The Morgan fingerprint density at radius 2 is 1.77 bits per heavy atom. The molecule has 0 bridgehead atoms. The van der Waals surface area contributed by atoms with Gasteiger partial charge in [-0.3, -0.25) is 4.79 Å². The molecule has 1 saturated carbocycles. The maximum absolute atomic E-state index is 13.6. The second kappa shape index (κ2) is 12.3. The number of amides is 1. The summed E-state index contributed by atoms with van der Waals surface area (Å²) in [5.41, 5.74) is 1.55. The van der Waals surface area contributed by atoms with Gasteiger partial charge in [0.2, 0.25) is 11.8 Å². The van der Waals surface area contributed by atoms with Gasteiger partial charge in [0.25, 0.3) is 0 Å². The van der Waals surface area contributed by atoms with E-state index in [1.54, 1.807) is 6.92 Å². The number of ether oxygens (including phenoxy) is 2. The molecular formula is C27H28F4N4O4S. The van der Waals surface area contributed by atoms with Crippen LogP contribution in [0.3, 0.4) is 0 Å². The molecule has 0 aliphatic heterocycles. The van der Waals surface area contributed by atoms with Gasteiger partial charge >= 0.3 is 12.1 Å². The van der Waals surface area contributed by atoms with Crippen molar-refractivity contribution in [3.63, 3.8) is 0 Å². The lowest BCUT2D eigenvalue weighted by Gasteiger charge is -2.22. The van der Waals surface area contributed by atoms with Gasteiger partial charge in [-0.1, -0.05) is 30.3 Å². The van der Waals surface area contributed by atoms with Gasteiger partial charge in [-0.2, -0.15) is 18.2 Å². The molecule has 1 fully saturated rings. The Morgan fingerprint density at radius 1 is 1.10 bits per heavy atom. The van der Waals surface area contributed by atoms with Crippen LogP contribution >= 0.6 is 0 Å². The minimum absolute atomic E-state index is 0.0224. The smallest absolute Gasteiger partial charge is 0.472 e. The van der Waals surface area contributed by atoms with Crippen molar-refractivity contribution in [2.24, 2.45) is 4.36 Å². The number of alkyl halides is 4. The molecule has 3 atom stereocenters. The van der Waals surface area contributed by atoms with Gasteiger partial charge in [-0.15, -0.1) is 4.36 Å². The molecule has 0 unspecified atom stereocenters. The summed E-state index contributed by atoms with van der Waals surface area (Å²) in [6.07, 6.45) is -3.91. The zero-order chi connectivity index (χ0) is 28.9. The molecule has 214 valence electrons. The number of aromatic nitrogens is 2. The van der Waals surface area contributed by atoms with Crippen molar-refractivity contribution in [3.05, 3.63) is 71.9 Å². The number of carbonyl (C=O) groups is 1. The zero-order valence-corrected chi connectivity index (χ0v) is 22.5. The lowest BCUT2D eigenvalue weighted by Crippen LogP contribution is -2.29. The van der Waals surface area contributed by atoms with Gasteiger partial charge in [-0.05, 0) is 56.5 Å². The highest BCUT2D eigenvalue weighted by Crippen LogP contribution is 2.37. The minimum Gasteiger partial charge on any atom is -0.472 e. The molecule has 0 saturated heterocycles. The highest BCUT2D eigenvalue weighted by Gasteiger charge is 2.43. The van der Waals surface area contributed by atoms with E-state index in [0.717, 1.165) is 5.56 Å². The monoisotopic (exact) mass is 580 g/mol. The first-order valence-corrected chi connectivity index (χ1v) is 14.1. The van der Waals surface area contributed by atoms with E-state index in [0.29, 0.717) is 25.1 Å². The molecule has 1 aliphatic carbocycles. The summed E-state index contributed by atoms with van der Waals surface area (Å²) in [5.74, 6) is -2.26. The van der Waals surface area contributed by atoms with Crippen LogP contribution in [0.2, 0.25) is 0 Å². The lowest BCUT2D eigenvalue weighted by atomic mass is 10.2. The number of hydrogen-bond acceptors (Lipinski definition) is 7. The second-order valence-corrected chi connectivity index (χ2v) is 11.8. The van der Waals surface area contributed by atoms with Crippen molar-refractivity contribution in [1.29, 1.82) is 0 Å². The van der Waals surface area contributed by atoms with Crippen LogP contribution in [0.5, 0.6) is 5.88 Å². The van der Waals surface area contributed by atoms with E-state index < -0.39 is 39.8 Å². The Balaban J connectivity index is 1.46. The van der Waals surface area contributed by atoms with E-state index in [4.69, 9.17) is 9.47 Å². The number of rotatable bonds is 11. The van der Waals surface area contributed by atoms with Crippen LogP contribution in [0.15, 0.2) is 70.1 Å². The van der Waals surface area contributed by atoms with Crippen LogP contribution in [-0.4, -0.2) is 43.7 Å². The van der Waals surface area contributed by atoms with Crippen LogP contribution < -0.4 is 10.1 Å². The molecule has 1 aliphatic rings. The second-order valence-electron chi connectivity index (χ2n) is 9.29. The van der Waals surface area contributed by atoms with Crippen LogP contribution in [0.4, 0.5) is 29.2 Å². The fraction of sp³-hybridized carbons (Fsp3) is 0.370. The SMILES string of the molecule is C[C@@H](OCc1ccccc1)[C@@H](C)Oc1nc(Nc2ccc([S@@](=O)(=NC(=O)C(F)(F)F)C3CC3)cc2)ncc1CF. The lowest BCUT2D eigenvalue weighted by molar-refractivity contribution is -0.169. The molecule has 1 amide bonds. The number of nitrogens with one attached hydrogen (secondary N) is 1. The maximum atomic E-state index is 13.6. The van der Waals surface area contributed by atoms with E-state index in [1.807, 2.05) is 37.3 Å². The first-order chi connectivity index (χ1) is 19.0. The van der Waals surface area contributed by atoms with E-state index in [-0.39, 0.29) is 28.4 Å². The first kappa shape index (κ1) is 29.4. The Kier molecular flexibility index (Phi) is 9.04. The van der Waals surface area contributed by atoms with Gasteiger partial charge in [0, 0.05) is 22.0 Å². The van der Waals surface area contributed by atoms with E-state index in [2.05, 4.69) is 19.6 Å². The van der Waals surface area contributed by atoms with E-state index in [9.17, 15) is 26.6 Å². The molecule has 1 aromatic heterocycles. The topological polar surface area (TPSA) is 103 Å². The van der Waals surface area contributed by atoms with Gasteiger partial charge < -0.3 is 14.8 Å². The van der Waals surface area contributed by atoms with Crippen molar-refractivity contribution in [2.45, 2.75) is 68.5 Å². The predicted molar refractivity (Wildman–Crippen MR) is 140 cm³/mol. The summed E-state index contributed by atoms with van der Waals surface area (Å²) in [4.78, 5) is 19.8. The third-order valence-corrected chi connectivity index (χ3v) is 8.93. The predicted octanol–water partition coefficient (Wildman–Crippen LogP) is 6.14. The van der Waals surface area contributed by atoms with Crippen molar-refractivity contribution < 1.29 is 36.0 Å². The summed E-state index contributed by atoms with van der Waals surface area (Å²) >= 11 is 0. The van der Waals surface area contributed by atoms with Gasteiger partial charge in [0.15, 0.2) is 0 Å². The first-order valence-electron chi connectivity index (χ1n) is 12.5. The third-order valence-electron chi connectivity index (χ3n) is 6.17. The van der Waals surface area contributed by atoms with Gasteiger partial charge in [0.05, 0.1) is 28.0 Å². The summed E-state index contributed by atoms with van der Waals surface area (Å²) in [5, 5.41) is 2.29. The van der Waals surface area contributed by atoms with Crippen molar-refractivity contribution in [3.8, 4) is 5.88 Å². The minimum atomic E-state index is -5.20. The molecule has 1 N–H and O–H groups in total.